The van der Waals surface area contributed by atoms with Crippen LogP contribution in [0.2, 0.25) is 0 Å². The lowest BCUT2D eigenvalue weighted by molar-refractivity contribution is -0.115. The summed E-state index contributed by atoms with van der Waals surface area (Å²) in [4.78, 5) is 48.3. The summed E-state index contributed by atoms with van der Waals surface area (Å²) in [6.45, 7) is 3.56. The Labute approximate surface area is 166 Å². The minimum Gasteiger partial charge on any atom is -0.342 e. The van der Waals surface area contributed by atoms with Gasteiger partial charge in [0.1, 0.15) is 0 Å². The molecule has 5 N–H and O–H groups in total. The molecule has 0 atom stereocenters. The van der Waals surface area contributed by atoms with E-state index in [0.29, 0.717) is 4.47 Å². The number of halogens is 1. The molecule has 1 aromatic carbocycles. The van der Waals surface area contributed by atoms with Crippen molar-refractivity contribution in [3.63, 3.8) is 0 Å². The Kier molecular flexibility index (Phi) is 5.45. The number of nitrogens with one attached hydrogen (secondary N) is 5. The number of aromatic nitrogens is 4. The van der Waals surface area contributed by atoms with E-state index in [1.54, 1.807) is 6.07 Å². The fourth-order valence-electron chi connectivity index (χ4n) is 2.65. The number of anilines is 1. The zero-order valence-electron chi connectivity index (χ0n) is 15.0. The molecule has 0 unspecified atom stereocenters. The predicted octanol–water partition coefficient (Wildman–Crippen LogP) is 1.19. The number of H-pyrrole nitrogens is 3. The molecule has 28 heavy (non-hydrogen) atoms. The van der Waals surface area contributed by atoms with Crippen LogP contribution in [-0.2, 0) is 4.79 Å². The van der Waals surface area contributed by atoms with Crippen molar-refractivity contribution in [2.24, 2.45) is 0 Å². The Morgan fingerprint density at radius 3 is 2.57 bits per heavy atom. The number of nitrogens with zero attached hydrogens (tertiary/aromatic N) is 1. The minimum atomic E-state index is -0.559. The topological polar surface area (TPSA) is 153 Å². The van der Waals surface area contributed by atoms with Gasteiger partial charge >= 0.3 is 0 Å². The summed E-state index contributed by atoms with van der Waals surface area (Å²) in [5.41, 5.74) is 0.0612. The Morgan fingerprint density at radius 1 is 1.18 bits per heavy atom. The van der Waals surface area contributed by atoms with Crippen molar-refractivity contribution in [3.8, 4) is 0 Å². The Bertz CT molecular complexity index is 1180. The third-order valence-corrected chi connectivity index (χ3v) is 4.84. The van der Waals surface area contributed by atoms with Crippen LogP contribution in [0.25, 0.3) is 10.8 Å². The van der Waals surface area contributed by atoms with E-state index in [1.807, 2.05) is 13.8 Å². The maximum absolute atomic E-state index is 12.3. The van der Waals surface area contributed by atoms with Gasteiger partial charge in [-0.2, -0.15) is 5.10 Å². The van der Waals surface area contributed by atoms with Crippen LogP contribution < -0.4 is 21.8 Å². The normalized spacial score (nSPS) is 11.0. The molecule has 2 heterocycles. The quantitative estimate of drug-likeness (QED) is 0.396. The van der Waals surface area contributed by atoms with Crippen LogP contribution in [0, 0.1) is 0 Å². The Morgan fingerprint density at radius 2 is 1.89 bits per heavy atom. The zero-order chi connectivity index (χ0) is 20.4. The number of rotatable bonds is 5. The lowest BCUT2D eigenvalue weighted by Crippen LogP contribution is -2.33. The lowest BCUT2D eigenvalue weighted by Gasteiger charge is -2.08. The molecule has 0 saturated heterocycles. The fourth-order valence-corrected chi connectivity index (χ4v) is 3.46. The van der Waals surface area contributed by atoms with Gasteiger partial charge in [0.05, 0.1) is 33.2 Å². The van der Waals surface area contributed by atoms with E-state index in [-0.39, 0.29) is 34.6 Å². The number of fused-ring (bicyclic) bond motifs is 1. The van der Waals surface area contributed by atoms with Crippen molar-refractivity contribution in [1.82, 2.24) is 25.7 Å². The molecule has 0 saturated carbocycles. The van der Waals surface area contributed by atoms with E-state index in [2.05, 4.69) is 47.0 Å². The third-order valence-electron chi connectivity index (χ3n) is 4.03. The van der Waals surface area contributed by atoms with Gasteiger partial charge in [0.25, 0.3) is 17.0 Å². The highest BCUT2D eigenvalue weighted by Crippen LogP contribution is 2.25. The molecule has 0 spiro atoms. The van der Waals surface area contributed by atoms with Crippen LogP contribution >= 0.6 is 15.9 Å². The first-order chi connectivity index (χ1) is 13.3. The van der Waals surface area contributed by atoms with Gasteiger partial charge in [0.2, 0.25) is 5.91 Å². The monoisotopic (exact) mass is 448 g/mol. The van der Waals surface area contributed by atoms with Crippen molar-refractivity contribution in [2.75, 3.05) is 11.9 Å². The maximum Gasteiger partial charge on any atom is 0.273 e. The molecule has 146 valence electrons. The predicted molar refractivity (Wildman–Crippen MR) is 107 cm³/mol. The second-order valence-electron chi connectivity index (χ2n) is 6.32. The summed E-state index contributed by atoms with van der Waals surface area (Å²) >= 11 is 3.33. The second kappa shape index (κ2) is 7.80. The smallest absolute Gasteiger partial charge is 0.273 e. The highest BCUT2D eigenvalue weighted by atomic mass is 79.9. The molecular weight excluding hydrogens is 432 g/mol. The molecular formula is C17H17BrN6O4. The van der Waals surface area contributed by atoms with Crippen LogP contribution in [0.5, 0.6) is 0 Å². The van der Waals surface area contributed by atoms with Crippen LogP contribution in [0.15, 0.2) is 32.3 Å². The number of amides is 2. The standard InChI is InChI=1S/C17H17BrN6O4/c1-7(2)13-12(18)14(22-21-13)17(28)19-6-10(25)20-9-5-3-4-8-11(9)16(27)24-23-15(8)26/h3-5,7H,6H2,1-2H3,(H,19,28)(H,20,25)(H,21,22)(H,23,26)(H,24,27). The molecule has 11 heteroatoms. The summed E-state index contributed by atoms with van der Waals surface area (Å²) in [6, 6.07) is 4.51. The molecule has 0 aliphatic heterocycles. The van der Waals surface area contributed by atoms with Gasteiger partial charge in [0, 0.05) is 0 Å². The van der Waals surface area contributed by atoms with Crippen LogP contribution in [0.4, 0.5) is 5.69 Å². The molecule has 0 fully saturated rings. The molecule has 2 amide bonds. The zero-order valence-corrected chi connectivity index (χ0v) is 16.6. The second-order valence-corrected chi connectivity index (χ2v) is 7.11. The minimum absolute atomic E-state index is 0.0579. The highest BCUT2D eigenvalue weighted by Gasteiger charge is 2.20. The molecule has 3 rings (SSSR count). The average molecular weight is 449 g/mol. The van der Waals surface area contributed by atoms with Crippen molar-refractivity contribution in [3.05, 3.63) is 54.8 Å². The van der Waals surface area contributed by atoms with Crippen molar-refractivity contribution in [1.29, 1.82) is 0 Å². The van der Waals surface area contributed by atoms with Crippen LogP contribution in [-0.4, -0.2) is 38.8 Å². The SMILES string of the molecule is CC(C)c1[nH]nc(C(=O)NCC(=O)Nc2cccc3c(=O)[nH][nH]c(=O)c23)c1Br. The van der Waals surface area contributed by atoms with Crippen molar-refractivity contribution < 1.29 is 9.59 Å². The number of carbonyl (C=O) groups is 2. The molecule has 2 aromatic heterocycles. The summed E-state index contributed by atoms with van der Waals surface area (Å²) < 4.78 is 0.542. The molecule has 0 radical (unpaired) electrons. The average Bonchev–Trinajstić information content (AvgIpc) is 3.04. The van der Waals surface area contributed by atoms with Crippen molar-refractivity contribution in [2.45, 2.75) is 19.8 Å². The van der Waals surface area contributed by atoms with E-state index in [1.165, 1.54) is 12.1 Å². The first kappa shape index (κ1) is 19.5. The van der Waals surface area contributed by atoms with Gasteiger partial charge in [-0.1, -0.05) is 19.9 Å². The number of carbonyl (C=O) groups excluding carboxylic acids is 2. The molecule has 10 nitrogen and oxygen atoms in total. The number of hydrogen-bond donors (Lipinski definition) is 5. The van der Waals surface area contributed by atoms with Gasteiger partial charge in [-0.25, -0.2) is 0 Å². The van der Waals surface area contributed by atoms with E-state index < -0.39 is 22.9 Å². The summed E-state index contributed by atoms with van der Waals surface area (Å²) in [6.07, 6.45) is 0. The summed E-state index contributed by atoms with van der Waals surface area (Å²) in [5.74, 6) is -0.951. The van der Waals surface area contributed by atoms with Gasteiger partial charge in [-0.3, -0.25) is 34.5 Å². The number of hydrogen-bond acceptors (Lipinski definition) is 5. The molecule has 0 bridgehead atoms. The van der Waals surface area contributed by atoms with Crippen LogP contribution in [0.1, 0.15) is 35.9 Å². The van der Waals surface area contributed by atoms with E-state index in [0.717, 1.165) is 5.69 Å². The fraction of sp³-hybridized carbons (Fsp3) is 0.235. The molecule has 0 aliphatic carbocycles. The van der Waals surface area contributed by atoms with Gasteiger partial charge in [-0.05, 0) is 34.0 Å². The lowest BCUT2D eigenvalue weighted by atomic mass is 10.1. The Hall–Kier alpha value is -3.21. The summed E-state index contributed by atoms with van der Waals surface area (Å²) in [5, 5.41) is 16.4. The Balaban J connectivity index is 1.73. The number of aromatic amines is 3. The molecule has 3 aromatic rings. The van der Waals surface area contributed by atoms with E-state index >= 15 is 0 Å². The highest BCUT2D eigenvalue weighted by molar-refractivity contribution is 9.10. The van der Waals surface area contributed by atoms with E-state index in [9.17, 15) is 19.2 Å². The first-order valence-corrected chi connectivity index (χ1v) is 9.14. The van der Waals surface area contributed by atoms with Gasteiger partial charge in [0.15, 0.2) is 5.69 Å². The van der Waals surface area contributed by atoms with Crippen LogP contribution in [0.3, 0.4) is 0 Å². The number of benzene rings is 1. The largest absolute Gasteiger partial charge is 0.342 e. The van der Waals surface area contributed by atoms with Gasteiger partial charge in [-0.15, -0.1) is 0 Å². The third kappa shape index (κ3) is 3.74. The maximum atomic E-state index is 12.3. The van der Waals surface area contributed by atoms with Crippen molar-refractivity contribution >= 4 is 44.2 Å². The van der Waals surface area contributed by atoms with E-state index in [4.69, 9.17) is 0 Å². The molecule has 0 aliphatic rings. The first-order valence-electron chi connectivity index (χ1n) is 8.35. The summed E-state index contributed by atoms with van der Waals surface area (Å²) in [7, 11) is 0. The van der Waals surface area contributed by atoms with Gasteiger partial charge < -0.3 is 10.6 Å².